The molecular formula is C16H10F5N5. The molecule has 0 unspecified atom stereocenters. The van der Waals surface area contributed by atoms with Gasteiger partial charge >= 0.3 is 6.18 Å². The van der Waals surface area contributed by atoms with Crippen LogP contribution in [0.2, 0.25) is 0 Å². The fourth-order valence-electron chi connectivity index (χ4n) is 2.94. The Morgan fingerprint density at radius 3 is 2.62 bits per heavy atom. The maximum atomic E-state index is 13.6. The van der Waals surface area contributed by atoms with Gasteiger partial charge in [-0.1, -0.05) is 0 Å². The molecule has 10 heteroatoms. The molecule has 134 valence electrons. The maximum Gasteiger partial charge on any atom is 0.418 e. The first kappa shape index (κ1) is 16.4. The minimum Gasteiger partial charge on any atom is -0.278 e. The van der Waals surface area contributed by atoms with E-state index in [0.717, 1.165) is 16.6 Å². The molecule has 1 N–H and O–H groups in total. The van der Waals surface area contributed by atoms with Crippen molar-refractivity contribution < 1.29 is 22.0 Å². The van der Waals surface area contributed by atoms with Gasteiger partial charge in [-0.2, -0.15) is 18.3 Å². The van der Waals surface area contributed by atoms with E-state index in [2.05, 4.69) is 20.3 Å². The SMILES string of the molecule is Cc1cc(-c2c(C(F)(F)F)ccc3nc(C(F)F)nn23)cc2cn[nH]c12. The molecule has 4 rings (SSSR count). The van der Waals surface area contributed by atoms with Crippen molar-refractivity contribution in [2.24, 2.45) is 0 Å². The van der Waals surface area contributed by atoms with Crippen LogP contribution in [-0.2, 0) is 6.18 Å². The van der Waals surface area contributed by atoms with Crippen LogP contribution >= 0.6 is 0 Å². The normalized spacial score (nSPS) is 12.6. The van der Waals surface area contributed by atoms with Crippen molar-refractivity contribution in [3.05, 3.63) is 47.4 Å². The molecule has 0 saturated carbocycles. The van der Waals surface area contributed by atoms with E-state index < -0.39 is 24.0 Å². The summed E-state index contributed by atoms with van der Waals surface area (Å²) in [4.78, 5) is 3.61. The third kappa shape index (κ3) is 2.49. The Morgan fingerprint density at radius 1 is 1.15 bits per heavy atom. The van der Waals surface area contributed by atoms with Gasteiger partial charge in [0.05, 0.1) is 23.0 Å². The Bertz CT molecular complexity index is 1130. The standard InChI is InChI=1S/C16H10F5N5/c1-7-4-8(5-9-6-22-24-12(7)9)13-10(16(19,20)21)2-3-11-23-15(14(17)18)25-26(11)13/h2-6,14H,1H3,(H,22,24). The first-order valence-electron chi connectivity index (χ1n) is 7.45. The van der Waals surface area contributed by atoms with Gasteiger partial charge in [0.15, 0.2) is 5.65 Å². The number of halogens is 5. The van der Waals surface area contributed by atoms with E-state index in [9.17, 15) is 22.0 Å². The van der Waals surface area contributed by atoms with E-state index in [1.807, 2.05) is 0 Å². The molecule has 0 fully saturated rings. The second kappa shape index (κ2) is 5.48. The van der Waals surface area contributed by atoms with E-state index in [4.69, 9.17) is 0 Å². The Labute approximate surface area is 142 Å². The predicted octanol–water partition coefficient (Wildman–Crippen LogP) is 4.54. The minimum atomic E-state index is -4.69. The molecule has 5 nitrogen and oxygen atoms in total. The lowest BCUT2D eigenvalue weighted by atomic mass is 10.0. The van der Waals surface area contributed by atoms with Crippen LogP contribution in [0, 0.1) is 6.92 Å². The Hall–Kier alpha value is -3.04. The van der Waals surface area contributed by atoms with Gasteiger partial charge < -0.3 is 0 Å². The average Bonchev–Trinajstić information content (AvgIpc) is 3.19. The summed E-state index contributed by atoms with van der Waals surface area (Å²) in [6.45, 7) is 1.71. The summed E-state index contributed by atoms with van der Waals surface area (Å²) in [5, 5.41) is 10.8. The summed E-state index contributed by atoms with van der Waals surface area (Å²) >= 11 is 0. The lowest BCUT2D eigenvalue weighted by Gasteiger charge is -2.14. The largest absolute Gasteiger partial charge is 0.418 e. The van der Waals surface area contributed by atoms with Gasteiger partial charge in [-0.25, -0.2) is 18.3 Å². The molecule has 0 amide bonds. The molecule has 3 aromatic heterocycles. The van der Waals surface area contributed by atoms with Gasteiger partial charge in [-0.15, -0.1) is 5.10 Å². The molecule has 4 aromatic rings. The number of hydrogen-bond donors (Lipinski definition) is 1. The van der Waals surface area contributed by atoms with Gasteiger partial charge in [0, 0.05) is 10.9 Å². The summed E-state index contributed by atoms with van der Waals surface area (Å²) in [5.41, 5.74) is 0.0996. The van der Waals surface area contributed by atoms with Crippen LogP contribution in [0.1, 0.15) is 23.4 Å². The number of aryl methyl sites for hydroxylation is 1. The van der Waals surface area contributed by atoms with Gasteiger partial charge in [0.2, 0.25) is 5.82 Å². The fourth-order valence-corrected chi connectivity index (χ4v) is 2.94. The van der Waals surface area contributed by atoms with Crippen molar-refractivity contribution in [2.75, 3.05) is 0 Å². The second-order valence-corrected chi connectivity index (χ2v) is 5.76. The predicted molar refractivity (Wildman–Crippen MR) is 82.8 cm³/mol. The van der Waals surface area contributed by atoms with Crippen molar-refractivity contribution in [1.29, 1.82) is 0 Å². The van der Waals surface area contributed by atoms with E-state index in [1.165, 1.54) is 18.3 Å². The summed E-state index contributed by atoms with van der Waals surface area (Å²) in [5.74, 6) is -0.827. The average molecular weight is 367 g/mol. The molecule has 0 bridgehead atoms. The van der Waals surface area contributed by atoms with Gasteiger partial charge in [-0.05, 0) is 36.8 Å². The van der Waals surface area contributed by atoms with Crippen LogP contribution < -0.4 is 0 Å². The van der Waals surface area contributed by atoms with Gasteiger partial charge in [-0.3, -0.25) is 5.10 Å². The van der Waals surface area contributed by atoms with Crippen LogP contribution in [-0.4, -0.2) is 24.8 Å². The van der Waals surface area contributed by atoms with E-state index in [1.54, 1.807) is 6.92 Å². The topological polar surface area (TPSA) is 58.9 Å². The molecule has 0 aliphatic carbocycles. The molecular weight excluding hydrogens is 357 g/mol. The highest BCUT2D eigenvalue weighted by Crippen LogP contribution is 2.38. The molecule has 0 atom stereocenters. The number of nitrogens with zero attached hydrogens (tertiary/aromatic N) is 4. The van der Waals surface area contributed by atoms with Crippen molar-refractivity contribution in [2.45, 2.75) is 19.5 Å². The number of nitrogens with one attached hydrogen (secondary N) is 1. The molecule has 0 aliphatic heterocycles. The van der Waals surface area contributed by atoms with Crippen molar-refractivity contribution >= 4 is 16.6 Å². The zero-order chi connectivity index (χ0) is 18.6. The number of alkyl halides is 5. The number of aromatic nitrogens is 5. The first-order valence-corrected chi connectivity index (χ1v) is 7.45. The molecule has 1 aromatic carbocycles. The quantitative estimate of drug-likeness (QED) is 0.529. The van der Waals surface area contributed by atoms with Crippen molar-refractivity contribution in [3.63, 3.8) is 0 Å². The number of fused-ring (bicyclic) bond motifs is 2. The summed E-state index contributed by atoms with van der Waals surface area (Å²) in [7, 11) is 0. The highest BCUT2D eigenvalue weighted by molar-refractivity contribution is 5.87. The molecule has 0 saturated heterocycles. The molecule has 3 heterocycles. The first-order chi connectivity index (χ1) is 12.3. The Kier molecular flexibility index (Phi) is 3.46. The number of pyridine rings is 1. The lowest BCUT2D eigenvalue weighted by Crippen LogP contribution is -2.11. The third-order valence-electron chi connectivity index (χ3n) is 4.03. The van der Waals surface area contributed by atoms with Crippen molar-refractivity contribution in [1.82, 2.24) is 24.8 Å². The van der Waals surface area contributed by atoms with Crippen LogP contribution in [0.15, 0.2) is 30.5 Å². The van der Waals surface area contributed by atoms with Crippen molar-refractivity contribution in [3.8, 4) is 11.3 Å². The van der Waals surface area contributed by atoms with E-state index in [0.29, 0.717) is 16.5 Å². The number of H-pyrrole nitrogens is 1. The highest BCUT2D eigenvalue weighted by Gasteiger charge is 2.36. The second-order valence-electron chi connectivity index (χ2n) is 5.76. The highest BCUT2D eigenvalue weighted by atomic mass is 19.4. The number of benzene rings is 1. The van der Waals surface area contributed by atoms with Crippen LogP contribution in [0.3, 0.4) is 0 Å². The summed E-state index contributed by atoms with van der Waals surface area (Å²) in [6.07, 6.45) is -6.21. The fraction of sp³-hybridized carbons (Fsp3) is 0.188. The molecule has 0 radical (unpaired) electrons. The Morgan fingerprint density at radius 2 is 1.92 bits per heavy atom. The third-order valence-corrected chi connectivity index (χ3v) is 4.03. The number of rotatable bonds is 2. The molecule has 26 heavy (non-hydrogen) atoms. The summed E-state index contributed by atoms with van der Waals surface area (Å²) < 4.78 is 67.3. The minimum absolute atomic E-state index is 0.0896. The van der Waals surface area contributed by atoms with Crippen LogP contribution in [0.5, 0.6) is 0 Å². The Balaban J connectivity index is 2.09. The zero-order valence-electron chi connectivity index (χ0n) is 13.1. The lowest BCUT2D eigenvalue weighted by molar-refractivity contribution is -0.137. The van der Waals surface area contributed by atoms with Crippen LogP contribution in [0.4, 0.5) is 22.0 Å². The zero-order valence-corrected chi connectivity index (χ0v) is 13.1. The van der Waals surface area contributed by atoms with E-state index in [-0.39, 0.29) is 16.9 Å². The monoisotopic (exact) mass is 367 g/mol. The smallest absolute Gasteiger partial charge is 0.278 e. The molecule has 0 spiro atoms. The van der Waals surface area contributed by atoms with Gasteiger partial charge in [0.1, 0.15) is 0 Å². The van der Waals surface area contributed by atoms with E-state index >= 15 is 0 Å². The number of hydrogen-bond acceptors (Lipinski definition) is 3. The summed E-state index contributed by atoms with van der Waals surface area (Å²) in [6, 6.07) is 4.87. The number of aromatic amines is 1. The van der Waals surface area contributed by atoms with Crippen LogP contribution in [0.25, 0.3) is 27.8 Å². The molecule has 0 aliphatic rings. The maximum absolute atomic E-state index is 13.6. The van der Waals surface area contributed by atoms with Gasteiger partial charge in [0.25, 0.3) is 6.43 Å².